The molecule has 0 aromatic heterocycles. The summed E-state index contributed by atoms with van der Waals surface area (Å²) >= 11 is 5.94. The number of carbonyl (C=O) groups excluding carboxylic acids is 2. The van der Waals surface area contributed by atoms with E-state index in [1.807, 2.05) is 0 Å². The van der Waals surface area contributed by atoms with E-state index in [4.69, 9.17) is 16.3 Å². The zero-order valence-electron chi connectivity index (χ0n) is 12.3. The maximum Gasteiger partial charge on any atom is 0.340 e. The number of hydrogen-bond acceptors (Lipinski definition) is 5. The number of esters is 1. The molecule has 1 amide bonds. The molecule has 1 aliphatic rings. The zero-order valence-corrected chi connectivity index (χ0v) is 13.9. The molecule has 1 atom stereocenters. The van der Waals surface area contributed by atoms with Gasteiger partial charge in [0.1, 0.15) is 0 Å². The molecule has 1 N–H and O–H groups in total. The lowest BCUT2D eigenvalue weighted by molar-refractivity contribution is -0.129. The lowest BCUT2D eigenvalue weighted by atomic mass is 9.89. The fourth-order valence-corrected chi connectivity index (χ4v) is 2.97. The van der Waals surface area contributed by atoms with E-state index in [9.17, 15) is 18.0 Å². The third kappa shape index (κ3) is 3.25. The molecule has 1 heterocycles. The van der Waals surface area contributed by atoms with Crippen molar-refractivity contribution in [1.29, 1.82) is 0 Å². The third-order valence-corrected chi connectivity index (χ3v) is 4.92. The molecule has 0 bridgehead atoms. The SMILES string of the molecule is CC1(C)CNC(=O)[C@H]1OC(=O)c1cc(S(C)(=O)=O)ccc1Cl. The topological polar surface area (TPSA) is 89.5 Å². The smallest absolute Gasteiger partial charge is 0.340 e. The Morgan fingerprint density at radius 3 is 2.55 bits per heavy atom. The van der Waals surface area contributed by atoms with Crippen LogP contribution in [0, 0.1) is 5.41 Å². The lowest BCUT2D eigenvalue weighted by Crippen LogP contribution is -2.35. The van der Waals surface area contributed by atoms with Crippen LogP contribution in [0.2, 0.25) is 5.02 Å². The Morgan fingerprint density at radius 2 is 2.05 bits per heavy atom. The molecule has 1 aliphatic heterocycles. The molecule has 1 aromatic rings. The maximum atomic E-state index is 12.3. The quantitative estimate of drug-likeness (QED) is 0.837. The Morgan fingerprint density at radius 1 is 1.41 bits per heavy atom. The van der Waals surface area contributed by atoms with Crippen LogP contribution in [-0.4, -0.2) is 39.2 Å². The second-order valence-electron chi connectivity index (χ2n) is 5.91. The summed E-state index contributed by atoms with van der Waals surface area (Å²) in [6.07, 6.45) is 0.0803. The molecular weight excluding hydrogens is 330 g/mol. The van der Waals surface area contributed by atoms with Crippen molar-refractivity contribution in [2.75, 3.05) is 12.8 Å². The molecular formula is C14H16ClNO5S. The highest BCUT2D eigenvalue weighted by atomic mass is 35.5. The van der Waals surface area contributed by atoms with E-state index in [2.05, 4.69) is 5.32 Å². The van der Waals surface area contributed by atoms with Crippen molar-refractivity contribution in [2.45, 2.75) is 24.8 Å². The van der Waals surface area contributed by atoms with Crippen LogP contribution in [0.25, 0.3) is 0 Å². The summed E-state index contributed by atoms with van der Waals surface area (Å²) in [5, 5.41) is 2.69. The van der Waals surface area contributed by atoms with Crippen LogP contribution in [-0.2, 0) is 19.4 Å². The molecule has 22 heavy (non-hydrogen) atoms. The molecule has 0 radical (unpaired) electrons. The minimum absolute atomic E-state index is 0.0426. The number of rotatable bonds is 3. The normalized spacial score (nSPS) is 20.5. The number of benzene rings is 1. The summed E-state index contributed by atoms with van der Waals surface area (Å²) in [5.74, 6) is -1.21. The minimum Gasteiger partial charge on any atom is -0.448 e. The molecule has 6 nitrogen and oxygen atoms in total. The van der Waals surface area contributed by atoms with Gasteiger partial charge in [-0.25, -0.2) is 13.2 Å². The van der Waals surface area contributed by atoms with Crippen molar-refractivity contribution in [3.8, 4) is 0 Å². The van der Waals surface area contributed by atoms with Gasteiger partial charge in [-0.05, 0) is 18.2 Å². The van der Waals surface area contributed by atoms with Gasteiger partial charge >= 0.3 is 5.97 Å². The van der Waals surface area contributed by atoms with Crippen molar-refractivity contribution < 1.29 is 22.7 Å². The van der Waals surface area contributed by atoms with Crippen LogP contribution in [0.15, 0.2) is 23.1 Å². The number of ether oxygens (including phenoxy) is 1. The fourth-order valence-electron chi connectivity index (χ4n) is 2.13. The van der Waals surface area contributed by atoms with Crippen molar-refractivity contribution in [1.82, 2.24) is 5.32 Å². The molecule has 0 saturated carbocycles. The van der Waals surface area contributed by atoms with E-state index in [1.165, 1.54) is 12.1 Å². The van der Waals surface area contributed by atoms with Crippen LogP contribution >= 0.6 is 11.6 Å². The number of hydrogen-bond donors (Lipinski definition) is 1. The first-order valence-corrected chi connectivity index (χ1v) is 8.77. The van der Waals surface area contributed by atoms with Gasteiger partial charge in [0, 0.05) is 18.2 Å². The number of nitrogens with one attached hydrogen (secondary N) is 1. The first-order valence-electron chi connectivity index (χ1n) is 6.51. The highest BCUT2D eigenvalue weighted by Gasteiger charge is 2.44. The highest BCUT2D eigenvalue weighted by Crippen LogP contribution is 2.29. The van der Waals surface area contributed by atoms with Gasteiger partial charge in [0.25, 0.3) is 5.91 Å². The average Bonchev–Trinajstić information content (AvgIpc) is 2.64. The predicted molar refractivity (Wildman–Crippen MR) is 80.6 cm³/mol. The van der Waals surface area contributed by atoms with Gasteiger partial charge < -0.3 is 10.1 Å². The molecule has 120 valence electrons. The fraction of sp³-hybridized carbons (Fsp3) is 0.429. The summed E-state index contributed by atoms with van der Waals surface area (Å²) in [7, 11) is -3.48. The Kier molecular flexibility index (Phi) is 4.23. The molecule has 1 aromatic carbocycles. The number of halogens is 1. The van der Waals surface area contributed by atoms with E-state index in [0.717, 1.165) is 12.3 Å². The monoisotopic (exact) mass is 345 g/mol. The van der Waals surface area contributed by atoms with Gasteiger partial charge in [-0.3, -0.25) is 4.79 Å². The minimum atomic E-state index is -3.48. The lowest BCUT2D eigenvalue weighted by Gasteiger charge is -2.23. The van der Waals surface area contributed by atoms with Crippen LogP contribution < -0.4 is 5.32 Å². The van der Waals surface area contributed by atoms with Crippen LogP contribution in [0.4, 0.5) is 0 Å². The first kappa shape index (κ1) is 16.8. The number of carbonyl (C=O) groups is 2. The summed E-state index contributed by atoms with van der Waals surface area (Å²) in [5.41, 5.74) is -0.631. The van der Waals surface area contributed by atoms with E-state index in [-0.39, 0.29) is 21.4 Å². The summed E-state index contributed by atoms with van der Waals surface area (Å²) in [6, 6.07) is 3.77. The Labute approximate surface area is 133 Å². The number of amides is 1. The summed E-state index contributed by atoms with van der Waals surface area (Å²) in [6.45, 7) is 3.97. The second kappa shape index (κ2) is 5.55. The van der Waals surface area contributed by atoms with E-state index < -0.39 is 27.3 Å². The van der Waals surface area contributed by atoms with Gasteiger partial charge in [-0.2, -0.15) is 0 Å². The van der Waals surface area contributed by atoms with Crippen molar-refractivity contribution in [3.05, 3.63) is 28.8 Å². The van der Waals surface area contributed by atoms with Crippen molar-refractivity contribution >= 4 is 33.3 Å². The Balaban J connectivity index is 2.32. The Bertz CT molecular complexity index is 742. The van der Waals surface area contributed by atoms with Crippen LogP contribution in [0.3, 0.4) is 0 Å². The largest absolute Gasteiger partial charge is 0.448 e. The maximum absolute atomic E-state index is 12.3. The third-order valence-electron chi connectivity index (χ3n) is 3.48. The zero-order chi connectivity index (χ0) is 16.7. The van der Waals surface area contributed by atoms with Crippen molar-refractivity contribution in [3.63, 3.8) is 0 Å². The second-order valence-corrected chi connectivity index (χ2v) is 8.33. The van der Waals surface area contributed by atoms with Gasteiger partial charge in [0.05, 0.1) is 15.5 Å². The van der Waals surface area contributed by atoms with Gasteiger partial charge in [0.15, 0.2) is 15.9 Å². The molecule has 1 fully saturated rings. The van der Waals surface area contributed by atoms with E-state index >= 15 is 0 Å². The molecule has 2 rings (SSSR count). The summed E-state index contributed by atoms with van der Waals surface area (Å²) in [4.78, 5) is 24.0. The predicted octanol–water partition coefficient (Wildman–Crippen LogP) is 1.42. The van der Waals surface area contributed by atoms with Crippen LogP contribution in [0.1, 0.15) is 24.2 Å². The van der Waals surface area contributed by atoms with Gasteiger partial charge in [-0.15, -0.1) is 0 Å². The molecule has 8 heteroatoms. The van der Waals surface area contributed by atoms with Crippen molar-refractivity contribution in [2.24, 2.45) is 5.41 Å². The van der Waals surface area contributed by atoms with E-state index in [0.29, 0.717) is 6.54 Å². The first-order chi connectivity index (χ1) is 10.0. The molecule has 0 spiro atoms. The molecule has 0 unspecified atom stereocenters. The number of sulfone groups is 1. The van der Waals surface area contributed by atoms with E-state index in [1.54, 1.807) is 13.8 Å². The summed E-state index contributed by atoms with van der Waals surface area (Å²) < 4.78 is 28.4. The average molecular weight is 346 g/mol. The van der Waals surface area contributed by atoms with Gasteiger partial charge in [-0.1, -0.05) is 25.4 Å². The Hall–Kier alpha value is -1.60. The van der Waals surface area contributed by atoms with Gasteiger partial charge in [0.2, 0.25) is 0 Å². The molecule has 1 saturated heterocycles. The highest BCUT2D eigenvalue weighted by molar-refractivity contribution is 7.90. The van der Waals surface area contributed by atoms with Crippen LogP contribution in [0.5, 0.6) is 0 Å². The standard InChI is InChI=1S/C14H16ClNO5S/c1-14(2)7-16-12(17)11(14)21-13(18)9-6-8(22(3,19)20)4-5-10(9)15/h4-6,11H,7H2,1-3H3,(H,16,17)/t11-/m1/s1. The molecule has 0 aliphatic carbocycles.